The van der Waals surface area contributed by atoms with Gasteiger partial charge < -0.3 is 5.32 Å². The van der Waals surface area contributed by atoms with Gasteiger partial charge in [0.15, 0.2) is 0 Å². The summed E-state index contributed by atoms with van der Waals surface area (Å²) in [7, 11) is 0. The van der Waals surface area contributed by atoms with Gasteiger partial charge in [0.25, 0.3) is 0 Å². The van der Waals surface area contributed by atoms with Crippen molar-refractivity contribution in [3.8, 4) is 0 Å². The van der Waals surface area contributed by atoms with E-state index < -0.39 is 0 Å². The molecule has 2 heteroatoms. The molecule has 0 heterocycles. The molecule has 0 fully saturated rings. The van der Waals surface area contributed by atoms with Crippen LogP contribution in [0.2, 0.25) is 0 Å². The highest BCUT2D eigenvalue weighted by atomic mass is 16.1. The summed E-state index contributed by atoms with van der Waals surface area (Å²) in [6.45, 7) is 6.04. The molecule has 0 bridgehead atoms. The van der Waals surface area contributed by atoms with E-state index in [4.69, 9.17) is 0 Å². The van der Waals surface area contributed by atoms with Gasteiger partial charge in [-0.25, -0.2) is 0 Å². The molecule has 0 spiro atoms. The van der Waals surface area contributed by atoms with Gasteiger partial charge >= 0.3 is 0 Å². The van der Waals surface area contributed by atoms with Crippen molar-refractivity contribution in [3.05, 3.63) is 83.6 Å². The molecule has 1 aliphatic carbocycles. The van der Waals surface area contributed by atoms with Gasteiger partial charge in [-0.1, -0.05) is 49.0 Å². The predicted octanol–water partition coefficient (Wildman–Crippen LogP) is 4.28. The van der Waals surface area contributed by atoms with Gasteiger partial charge in [0.05, 0.1) is 5.70 Å². The van der Waals surface area contributed by atoms with Gasteiger partial charge in [-0.3, -0.25) is 4.79 Å². The molecule has 1 N–H and O–H groups in total. The van der Waals surface area contributed by atoms with E-state index in [1.807, 2.05) is 61.5 Å². The average molecular weight is 261 g/mol. The second-order valence-corrected chi connectivity index (χ2v) is 4.84. The van der Waals surface area contributed by atoms with Crippen LogP contribution in [-0.4, -0.2) is 5.78 Å². The van der Waals surface area contributed by atoms with Crippen LogP contribution in [0, 0.1) is 0 Å². The van der Waals surface area contributed by atoms with Crippen LogP contribution < -0.4 is 5.32 Å². The van der Waals surface area contributed by atoms with Crippen LogP contribution in [0.5, 0.6) is 0 Å². The Morgan fingerprint density at radius 2 is 1.50 bits per heavy atom. The van der Waals surface area contributed by atoms with Crippen molar-refractivity contribution < 1.29 is 4.79 Å². The van der Waals surface area contributed by atoms with E-state index in [0.717, 1.165) is 22.4 Å². The van der Waals surface area contributed by atoms with Crippen LogP contribution in [0.3, 0.4) is 0 Å². The predicted molar refractivity (Wildman–Crippen MR) is 82.6 cm³/mol. The van der Waals surface area contributed by atoms with E-state index in [0.29, 0.717) is 11.3 Å². The summed E-state index contributed by atoms with van der Waals surface area (Å²) in [6, 6.07) is 17.3. The van der Waals surface area contributed by atoms with E-state index in [2.05, 4.69) is 11.9 Å². The van der Waals surface area contributed by atoms with Crippen LogP contribution >= 0.6 is 0 Å². The molecule has 0 aliphatic heterocycles. The van der Waals surface area contributed by atoms with E-state index in [1.165, 1.54) is 0 Å². The fourth-order valence-electron chi connectivity index (χ4n) is 2.42. The van der Waals surface area contributed by atoms with Crippen molar-refractivity contribution in [3.63, 3.8) is 0 Å². The number of fused-ring (bicyclic) bond motifs is 1. The number of allylic oxidation sites excluding steroid dienone is 3. The Morgan fingerprint density at radius 3 is 2.20 bits per heavy atom. The molecule has 0 unspecified atom stereocenters. The highest BCUT2D eigenvalue weighted by Gasteiger charge is 2.26. The molecule has 1 aliphatic rings. The monoisotopic (exact) mass is 261 g/mol. The number of ketones is 1. The Kier molecular flexibility index (Phi) is 2.99. The van der Waals surface area contributed by atoms with Crippen molar-refractivity contribution in [2.75, 3.05) is 5.32 Å². The molecular weight excluding hydrogens is 246 g/mol. The van der Waals surface area contributed by atoms with Crippen molar-refractivity contribution in [1.82, 2.24) is 0 Å². The van der Waals surface area contributed by atoms with Crippen molar-refractivity contribution in [2.24, 2.45) is 0 Å². The van der Waals surface area contributed by atoms with Gasteiger partial charge in [-0.15, -0.1) is 0 Å². The zero-order chi connectivity index (χ0) is 14.1. The molecule has 98 valence electrons. The van der Waals surface area contributed by atoms with Crippen molar-refractivity contribution >= 4 is 17.0 Å². The SMILES string of the molecule is C=C1C(C)=C(Nc2ccccc2)C(=O)c2ccccc21. The quantitative estimate of drug-likeness (QED) is 0.874. The summed E-state index contributed by atoms with van der Waals surface area (Å²) in [4.78, 5) is 12.6. The summed E-state index contributed by atoms with van der Waals surface area (Å²) in [5, 5.41) is 3.22. The van der Waals surface area contributed by atoms with Gasteiger partial charge in [0, 0.05) is 11.3 Å². The summed E-state index contributed by atoms with van der Waals surface area (Å²) >= 11 is 0. The van der Waals surface area contributed by atoms with E-state index in [-0.39, 0.29) is 5.78 Å². The molecule has 2 nitrogen and oxygen atoms in total. The summed E-state index contributed by atoms with van der Waals surface area (Å²) in [5.41, 5.74) is 4.95. The molecule has 0 saturated heterocycles. The second-order valence-electron chi connectivity index (χ2n) is 4.84. The number of anilines is 1. The smallest absolute Gasteiger partial charge is 0.210 e. The fraction of sp³-hybridized carbons (Fsp3) is 0.0556. The maximum atomic E-state index is 12.6. The van der Waals surface area contributed by atoms with Crippen LogP contribution in [0.15, 0.2) is 72.4 Å². The largest absolute Gasteiger partial charge is 0.352 e. The van der Waals surface area contributed by atoms with Crippen LogP contribution in [-0.2, 0) is 0 Å². The van der Waals surface area contributed by atoms with Crippen LogP contribution in [0.4, 0.5) is 5.69 Å². The normalized spacial score (nSPS) is 14.2. The number of hydrogen-bond acceptors (Lipinski definition) is 2. The number of rotatable bonds is 2. The third kappa shape index (κ3) is 1.95. The van der Waals surface area contributed by atoms with Crippen molar-refractivity contribution in [1.29, 1.82) is 0 Å². The van der Waals surface area contributed by atoms with Crippen LogP contribution in [0.25, 0.3) is 5.57 Å². The highest BCUT2D eigenvalue weighted by Crippen LogP contribution is 2.34. The Balaban J connectivity index is 2.06. The molecular formula is C18H15NO. The zero-order valence-electron chi connectivity index (χ0n) is 11.3. The molecule has 0 amide bonds. The zero-order valence-corrected chi connectivity index (χ0v) is 11.3. The first-order chi connectivity index (χ1) is 9.68. The third-order valence-electron chi connectivity index (χ3n) is 3.59. The molecule has 2 aromatic carbocycles. The molecule has 3 rings (SSSR count). The molecule has 0 saturated carbocycles. The topological polar surface area (TPSA) is 29.1 Å². The van der Waals surface area contributed by atoms with Crippen LogP contribution in [0.1, 0.15) is 22.8 Å². The Morgan fingerprint density at radius 1 is 0.900 bits per heavy atom. The lowest BCUT2D eigenvalue weighted by molar-refractivity contribution is 0.103. The van der Waals surface area contributed by atoms with E-state index in [1.54, 1.807) is 0 Å². The number of carbonyl (C=O) groups excluding carboxylic acids is 1. The van der Waals surface area contributed by atoms with E-state index >= 15 is 0 Å². The summed E-state index contributed by atoms with van der Waals surface area (Å²) in [5.74, 6) is 0.0225. The number of benzene rings is 2. The lowest BCUT2D eigenvalue weighted by atomic mass is 9.85. The first-order valence-electron chi connectivity index (χ1n) is 6.55. The minimum absolute atomic E-state index is 0.0225. The minimum Gasteiger partial charge on any atom is -0.352 e. The number of carbonyl (C=O) groups is 1. The Hall–Kier alpha value is -2.61. The first-order valence-corrected chi connectivity index (χ1v) is 6.55. The maximum Gasteiger partial charge on any atom is 0.210 e. The minimum atomic E-state index is 0.0225. The number of hydrogen-bond donors (Lipinski definition) is 1. The average Bonchev–Trinajstić information content (AvgIpc) is 2.50. The molecule has 2 aromatic rings. The molecule has 0 radical (unpaired) electrons. The fourth-order valence-corrected chi connectivity index (χ4v) is 2.42. The van der Waals surface area contributed by atoms with Gasteiger partial charge in [0.1, 0.15) is 0 Å². The Bertz CT molecular complexity index is 726. The summed E-state index contributed by atoms with van der Waals surface area (Å²) < 4.78 is 0. The van der Waals surface area contributed by atoms with Gasteiger partial charge in [-0.05, 0) is 35.8 Å². The van der Waals surface area contributed by atoms with Gasteiger partial charge in [-0.2, -0.15) is 0 Å². The molecule has 0 atom stereocenters. The van der Waals surface area contributed by atoms with Gasteiger partial charge in [0.2, 0.25) is 5.78 Å². The first kappa shape index (κ1) is 12.4. The standard InChI is InChI=1S/C18H15NO/c1-12-13(2)17(19-14-8-4-3-5-9-14)18(20)16-11-7-6-10-15(12)16/h3-11,19H,1H2,2H3. The lowest BCUT2D eigenvalue weighted by Gasteiger charge is -2.23. The summed E-state index contributed by atoms with van der Waals surface area (Å²) in [6.07, 6.45) is 0. The molecule has 0 aromatic heterocycles. The molecule has 20 heavy (non-hydrogen) atoms. The number of nitrogens with one attached hydrogen (secondary N) is 1. The van der Waals surface area contributed by atoms with Crippen molar-refractivity contribution in [2.45, 2.75) is 6.92 Å². The third-order valence-corrected chi connectivity index (χ3v) is 3.59. The highest BCUT2D eigenvalue weighted by molar-refractivity contribution is 6.18. The number of para-hydroxylation sites is 1. The Labute approximate surface area is 118 Å². The second kappa shape index (κ2) is 4.82. The van der Waals surface area contributed by atoms with E-state index in [9.17, 15) is 4.79 Å². The number of Topliss-reactive ketones (excluding diaryl/α,β-unsaturated/α-hetero) is 1. The maximum absolute atomic E-state index is 12.6. The lowest BCUT2D eigenvalue weighted by Crippen LogP contribution is -2.20.